The maximum Gasteiger partial charge on any atom is 0.243 e. The number of hydrogen-bond acceptors (Lipinski definition) is 4. The van der Waals surface area contributed by atoms with Crippen molar-refractivity contribution in [2.75, 3.05) is 18.9 Å². The monoisotopic (exact) mass is 326 g/mol. The first-order valence-electron chi connectivity index (χ1n) is 5.62. The zero-order chi connectivity index (χ0) is 14.6. The summed E-state index contributed by atoms with van der Waals surface area (Å²) in [6, 6.07) is 2.29. The molecule has 0 aliphatic heterocycles. The van der Waals surface area contributed by atoms with Gasteiger partial charge in [-0.05, 0) is 26.0 Å². The van der Waals surface area contributed by atoms with Crippen molar-refractivity contribution >= 4 is 38.9 Å². The summed E-state index contributed by atoms with van der Waals surface area (Å²) >= 11 is 11.8. The van der Waals surface area contributed by atoms with Gasteiger partial charge >= 0.3 is 0 Å². The van der Waals surface area contributed by atoms with Gasteiger partial charge in [-0.15, -0.1) is 0 Å². The van der Waals surface area contributed by atoms with Gasteiger partial charge in [-0.2, -0.15) is 0 Å². The van der Waals surface area contributed by atoms with E-state index in [0.29, 0.717) is 12.3 Å². The summed E-state index contributed by atoms with van der Waals surface area (Å²) in [5.41, 5.74) is 5.84. The number of rotatable bonds is 6. The fraction of sp³-hybridized carbons (Fsp3) is 0.455. The number of nitrogens with two attached hydrogens (primary N) is 1. The molecule has 0 amide bonds. The Bertz CT molecular complexity index is 526. The molecule has 1 unspecified atom stereocenters. The van der Waals surface area contributed by atoms with Crippen molar-refractivity contribution in [2.24, 2.45) is 0 Å². The van der Waals surface area contributed by atoms with Crippen molar-refractivity contribution in [2.45, 2.75) is 24.8 Å². The van der Waals surface area contributed by atoms with Gasteiger partial charge in [-0.25, -0.2) is 13.1 Å². The van der Waals surface area contributed by atoms with Gasteiger partial charge in [0.05, 0.1) is 16.7 Å². The molecule has 0 saturated carbocycles. The minimum Gasteiger partial charge on any atom is -0.399 e. The normalized spacial score (nSPS) is 13.5. The maximum atomic E-state index is 12.2. The molecule has 0 fully saturated rings. The van der Waals surface area contributed by atoms with E-state index < -0.39 is 16.1 Å². The van der Waals surface area contributed by atoms with Crippen LogP contribution in [-0.4, -0.2) is 27.7 Å². The van der Waals surface area contributed by atoms with Crippen LogP contribution in [0.25, 0.3) is 0 Å². The molecular formula is C11H16Cl2N2O3S. The SMILES string of the molecule is CCOCC(C)NS(=O)(=O)c1c(Cl)cc(N)cc1Cl. The molecule has 0 saturated heterocycles. The van der Waals surface area contributed by atoms with Gasteiger partial charge in [0, 0.05) is 18.3 Å². The van der Waals surface area contributed by atoms with E-state index in [9.17, 15) is 8.42 Å². The highest BCUT2D eigenvalue weighted by Crippen LogP contribution is 2.31. The van der Waals surface area contributed by atoms with Crippen molar-refractivity contribution in [3.63, 3.8) is 0 Å². The summed E-state index contributed by atoms with van der Waals surface area (Å²) in [6.45, 7) is 4.29. The summed E-state index contributed by atoms with van der Waals surface area (Å²) < 4.78 is 32.0. The molecule has 108 valence electrons. The first kappa shape index (κ1) is 16.5. The first-order chi connectivity index (χ1) is 8.77. The second kappa shape index (κ2) is 6.76. The molecule has 0 bridgehead atoms. The first-order valence-corrected chi connectivity index (χ1v) is 7.86. The maximum absolute atomic E-state index is 12.2. The molecule has 3 N–H and O–H groups in total. The minimum absolute atomic E-state index is 0.0129. The molecule has 0 aliphatic carbocycles. The Labute approximate surface area is 123 Å². The quantitative estimate of drug-likeness (QED) is 0.786. The van der Waals surface area contributed by atoms with E-state index in [1.807, 2.05) is 6.92 Å². The van der Waals surface area contributed by atoms with Crippen molar-refractivity contribution < 1.29 is 13.2 Å². The van der Waals surface area contributed by atoms with Crippen LogP contribution >= 0.6 is 23.2 Å². The van der Waals surface area contributed by atoms with E-state index in [2.05, 4.69) is 4.72 Å². The number of ether oxygens (including phenoxy) is 1. The summed E-state index contributed by atoms with van der Waals surface area (Å²) in [5.74, 6) is 0. The summed E-state index contributed by atoms with van der Waals surface area (Å²) in [5, 5.41) is -0.0257. The molecule has 0 spiro atoms. The second-order valence-corrected chi connectivity index (χ2v) is 6.46. The van der Waals surface area contributed by atoms with Crippen molar-refractivity contribution in [1.29, 1.82) is 0 Å². The van der Waals surface area contributed by atoms with Gasteiger partial charge in [-0.1, -0.05) is 23.2 Å². The third kappa shape index (κ3) is 4.50. The van der Waals surface area contributed by atoms with Gasteiger partial charge in [0.15, 0.2) is 0 Å². The van der Waals surface area contributed by atoms with Gasteiger partial charge in [0.1, 0.15) is 4.90 Å². The topological polar surface area (TPSA) is 81.4 Å². The lowest BCUT2D eigenvalue weighted by molar-refractivity contribution is 0.133. The zero-order valence-corrected chi connectivity index (χ0v) is 12.9. The third-order valence-electron chi connectivity index (χ3n) is 2.22. The van der Waals surface area contributed by atoms with Crippen LogP contribution in [0.1, 0.15) is 13.8 Å². The van der Waals surface area contributed by atoms with E-state index in [0.717, 1.165) is 0 Å². The number of nitrogen functional groups attached to an aromatic ring is 1. The van der Waals surface area contributed by atoms with E-state index in [4.69, 9.17) is 33.7 Å². The van der Waals surface area contributed by atoms with E-state index >= 15 is 0 Å². The van der Waals surface area contributed by atoms with Crippen LogP contribution in [0, 0.1) is 0 Å². The highest BCUT2D eigenvalue weighted by Gasteiger charge is 2.24. The van der Waals surface area contributed by atoms with Crippen LogP contribution in [0.3, 0.4) is 0 Å². The lowest BCUT2D eigenvalue weighted by Crippen LogP contribution is -2.36. The molecule has 1 aromatic rings. The minimum atomic E-state index is -3.82. The summed E-state index contributed by atoms with van der Waals surface area (Å²) in [6.07, 6.45) is 0. The number of hydrogen-bond donors (Lipinski definition) is 2. The Morgan fingerprint density at radius 2 is 1.89 bits per heavy atom. The lowest BCUT2D eigenvalue weighted by atomic mass is 10.3. The highest BCUT2D eigenvalue weighted by atomic mass is 35.5. The fourth-order valence-electron chi connectivity index (χ4n) is 1.49. The van der Waals surface area contributed by atoms with Crippen LogP contribution in [-0.2, 0) is 14.8 Å². The largest absolute Gasteiger partial charge is 0.399 e. The summed E-state index contributed by atoms with van der Waals surface area (Å²) in [4.78, 5) is -0.173. The molecule has 19 heavy (non-hydrogen) atoms. The van der Waals surface area contributed by atoms with Gasteiger partial charge in [-0.3, -0.25) is 0 Å². The zero-order valence-electron chi connectivity index (χ0n) is 10.6. The van der Waals surface area contributed by atoms with Gasteiger partial charge in [0.2, 0.25) is 10.0 Å². The van der Waals surface area contributed by atoms with Crippen molar-refractivity contribution in [3.8, 4) is 0 Å². The highest BCUT2D eigenvalue weighted by molar-refractivity contribution is 7.89. The van der Waals surface area contributed by atoms with Crippen molar-refractivity contribution in [1.82, 2.24) is 4.72 Å². The lowest BCUT2D eigenvalue weighted by Gasteiger charge is -2.15. The Morgan fingerprint density at radius 1 is 1.37 bits per heavy atom. The Balaban J connectivity index is 3.01. The van der Waals surface area contributed by atoms with Crippen LogP contribution in [0.5, 0.6) is 0 Å². The number of benzene rings is 1. The Morgan fingerprint density at radius 3 is 2.37 bits per heavy atom. The molecular weight excluding hydrogens is 311 g/mol. The van der Waals surface area contributed by atoms with E-state index in [-0.39, 0.29) is 21.5 Å². The molecule has 1 atom stereocenters. The number of sulfonamides is 1. The fourth-order valence-corrected chi connectivity index (χ4v) is 3.95. The predicted molar refractivity (Wildman–Crippen MR) is 77.2 cm³/mol. The van der Waals surface area contributed by atoms with Gasteiger partial charge in [0.25, 0.3) is 0 Å². The molecule has 1 rings (SSSR count). The summed E-state index contributed by atoms with van der Waals surface area (Å²) in [7, 11) is -3.82. The molecule has 0 heterocycles. The van der Waals surface area contributed by atoms with E-state index in [1.165, 1.54) is 12.1 Å². The second-order valence-electron chi connectivity index (χ2n) is 4.00. The Hall–Kier alpha value is -0.530. The van der Waals surface area contributed by atoms with Crippen LogP contribution in [0.4, 0.5) is 5.69 Å². The number of nitrogens with one attached hydrogen (secondary N) is 1. The molecule has 0 radical (unpaired) electrons. The molecule has 1 aromatic carbocycles. The molecule has 8 heteroatoms. The van der Waals surface area contributed by atoms with Crippen molar-refractivity contribution in [3.05, 3.63) is 22.2 Å². The van der Waals surface area contributed by atoms with E-state index in [1.54, 1.807) is 6.92 Å². The van der Waals surface area contributed by atoms with Crippen LogP contribution < -0.4 is 10.5 Å². The number of halogens is 2. The van der Waals surface area contributed by atoms with Crippen LogP contribution in [0.15, 0.2) is 17.0 Å². The smallest absolute Gasteiger partial charge is 0.243 e. The predicted octanol–water partition coefficient (Wildman–Crippen LogP) is 2.28. The van der Waals surface area contributed by atoms with Crippen LogP contribution in [0.2, 0.25) is 10.0 Å². The molecule has 5 nitrogen and oxygen atoms in total. The van der Waals surface area contributed by atoms with Gasteiger partial charge < -0.3 is 10.5 Å². The third-order valence-corrected chi connectivity index (χ3v) is 4.73. The number of anilines is 1. The Kier molecular flexibility index (Phi) is 5.88. The average Bonchev–Trinajstić information content (AvgIpc) is 2.23. The molecule has 0 aliphatic rings. The standard InChI is InChI=1S/C11H16Cl2N2O3S/c1-3-18-6-7(2)15-19(16,17)11-9(12)4-8(14)5-10(11)13/h4-5,7,15H,3,6,14H2,1-2H3. The molecule has 0 aromatic heterocycles. The average molecular weight is 327 g/mol.